The zero-order valence-electron chi connectivity index (χ0n) is 10.7. The zero-order chi connectivity index (χ0) is 11.0. The van der Waals surface area contributed by atoms with Crippen LogP contribution in [0.4, 0.5) is 0 Å². The average molecular weight is 212 g/mol. The van der Waals surface area contributed by atoms with Gasteiger partial charge in [-0.15, -0.1) is 0 Å². The van der Waals surface area contributed by atoms with Gasteiger partial charge in [0.2, 0.25) is 0 Å². The molecule has 1 rings (SSSR count). The van der Waals surface area contributed by atoms with Crippen LogP contribution in [0.5, 0.6) is 0 Å². The molecule has 0 spiro atoms. The van der Waals surface area contributed by atoms with Gasteiger partial charge in [-0.1, -0.05) is 57.5 Å². The van der Waals surface area contributed by atoms with Crippen molar-refractivity contribution in [3.8, 4) is 0 Å². The van der Waals surface area contributed by atoms with Crippen LogP contribution < -0.4 is 0 Å². The maximum Gasteiger partial charge on any atom is 0.466 e. The highest BCUT2D eigenvalue weighted by atomic mass is 27.2. The van der Waals surface area contributed by atoms with E-state index in [0.29, 0.717) is 15.8 Å². The molecule has 1 unspecified atom stereocenters. The molecular weight excluding hydrogens is 187 g/mol. The Morgan fingerprint density at radius 2 is 1.64 bits per heavy atom. The topological polar surface area (TPSA) is 9.23 Å². The molecule has 1 heterocycles. The van der Waals surface area contributed by atoms with Crippen LogP contribution in [0.2, 0.25) is 9.56 Å². The van der Waals surface area contributed by atoms with Crippen LogP contribution in [0.15, 0.2) is 0 Å². The van der Waals surface area contributed by atoms with E-state index in [1.807, 2.05) is 0 Å². The van der Waals surface area contributed by atoms with Crippen molar-refractivity contribution < 1.29 is 3.79 Å². The molecule has 1 fully saturated rings. The maximum absolute atomic E-state index is 6.35. The Kier molecular flexibility index (Phi) is 3.73. The summed E-state index contributed by atoms with van der Waals surface area (Å²) in [7, 11) is 0. The lowest BCUT2D eigenvalue weighted by Crippen LogP contribution is -2.42. The molecule has 0 aromatic heterocycles. The highest BCUT2D eigenvalue weighted by Gasteiger charge is 2.41. The molecule has 0 aliphatic carbocycles. The summed E-state index contributed by atoms with van der Waals surface area (Å²) in [5, 5.41) is 1.37. The van der Waals surface area contributed by atoms with E-state index in [4.69, 9.17) is 3.79 Å². The van der Waals surface area contributed by atoms with E-state index in [1.54, 1.807) is 0 Å². The first-order valence-corrected chi connectivity index (χ1v) is 7.73. The number of rotatable bonds is 0. The minimum Gasteiger partial charge on any atom is -0.498 e. The fourth-order valence-electron chi connectivity index (χ4n) is 2.10. The predicted molar refractivity (Wildman–Crippen MR) is 63.8 cm³/mol. The lowest BCUT2D eigenvalue weighted by molar-refractivity contribution is 0.0583. The SMILES string of the molecule is CC(C)(C)C1CC[CH2][Al]([C](C)(C)C)[O]1. The number of hydrogen-bond acceptors (Lipinski definition) is 1. The van der Waals surface area contributed by atoms with E-state index in [1.165, 1.54) is 18.1 Å². The molecule has 82 valence electrons. The van der Waals surface area contributed by atoms with Crippen molar-refractivity contribution in [1.29, 1.82) is 0 Å². The van der Waals surface area contributed by atoms with Crippen molar-refractivity contribution >= 4 is 14.5 Å². The fraction of sp³-hybridized carbons (Fsp3) is 1.00. The Balaban J connectivity index is 2.61. The van der Waals surface area contributed by atoms with Crippen LogP contribution in [0, 0.1) is 5.41 Å². The molecule has 1 nitrogen and oxygen atoms in total. The molecule has 0 amide bonds. The van der Waals surface area contributed by atoms with Crippen molar-refractivity contribution in [2.75, 3.05) is 0 Å². The van der Waals surface area contributed by atoms with Gasteiger partial charge >= 0.3 is 14.5 Å². The van der Waals surface area contributed by atoms with Crippen LogP contribution in [-0.2, 0) is 3.79 Å². The summed E-state index contributed by atoms with van der Waals surface area (Å²) in [5.41, 5.74) is 0.330. The van der Waals surface area contributed by atoms with Gasteiger partial charge in [0.1, 0.15) is 0 Å². The molecule has 2 heteroatoms. The van der Waals surface area contributed by atoms with Crippen molar-refractivity contribution in [2.45, 2.75) is 70.0 Å². The Bertz CT molecular complexity index is 167. The molecule has 0 aromatic carbocycles. The molecule has 14 heavy (non-hydrogen) atoms. The van der Waals surface area contributed by atoms with Gasteiger partial charge in [-0.3, -0.25) is 0 Å². The molecule has 0 saturated carbocycles. The van der Waals surface area contributed by atoms with E-state index in [0.717, 1.165) is 0 Å². The third-order valence-electron chi connectivity index (χ3n) is 3.19. The predicted octanol–water partition coefficient (Wildman–Crippen LogP) is 4.00. The van der Waals surface area contributed by atoms with Crippen LogP contribution in [0.3, 0.4) is 0 Å². The number of hydrogen-bond donors (Lipinski definition) is 0. The van der Waals surface area contributed by atoms with E-state index in [-0.39, 0.29) is 0 Å². The molecule has 0 radical (unpaired) electrons. The first kappa shape index (κ1) is 12.6. The standard InChI is InChI=1S/C8H16O.C4H9.Al/c1-5-6-7(9)8(2,3)4;1-4(2)3;/h7H,1,5-6H2,2-4H3;1-3H3;/q-1;;+1. The van der Waals surface area contributed by atoms with Gasteiger partial charge in [-0.2, -0.15) is 0 Å². The second-order valence-corrected chi connectivity index (χ2v) is 10.3. The van der Waals surface area contributed by atoms with Crippen molar-refractivity contribution in [3.63, 3.8) is 0 Å². The minimum atomic E-state index is -0.972. The second-order valence-electron chi connectivity index (χ2n) is 6.78. The van der Waals surface area contributed by atoms with Crippen LogP contribution in [0.25, 0.3) is 0 Å². The Morgan fingerprint density at radius 1 is 1.07 bits per heavy atom. The Hall–Kier alpha value is 0.492. The summed E-state index contributed by atoms with van der Waals surface area (Å²) in [6.07, 6.45) is 3.16. The highest BCUT2D eigenvalue weighted by Crippen LogP contribution is 2.39. The average Bonchev–Trinajstić information content (AvgIpc) is 2.01. The summed E-state index contributed by atoms with van der Waals surface area (Å²) < 4.78 is 6.79. The Labute approximate surface area is 93.9 Å². The highest BCUT2D eigenvalue weighted by molar-refractivity contribution is 6.55. The van der Waals surface area contributed by atoms with E-state index < -0.39 is 14.5 Å². The Morgan fingerprint density at radius 3 is 2.07 bits per heavy atom. The summed E-state index contributed by atoms with van der Waals surface area (Å²) in [6.45, 7) is 13.9. The summed E-state index contributed by atoms with van der Waals surface area (Å²) in [5.74, 6) is 0. The molecule has 1 aliphatic rings. The third-order valence-corrected chi connectivity index (χ3v) is 6.71. The van der Waals surface area contributed by atoms with Crippen molar-refractivity contribution in [1.82, 2.24) is 0 Å². The van der Waals surface area contributed by atoms with E-state index >= 15 is 0 Å². The lowest BCUT2D eigenvalue weighted by atomic mass is 9.86. The van der Waals surface area contributed by atoms with Crippen LogP contribution >= 0.6 is 0 Å². The molecule has 0 N–H and O–H groups in total. The van der Waals surface area contributed by atoms with Gasteiger partial charge in [0.05, 0.1) is 0 Å². The van der Waals surface area contributed by atoms with Gasteiger partial charge < -0.3 is 3.79 Å². The van der Waals surface area contributed by atoms with Gasteiger partial charge in [0.25, 0.3) is 0 Å². The van der Waals surface area contributed by atoms with Gasteiger partial charge in [-0.05, 0) is 11.8 Å². The largest absolute Gasteiger partial charge is 0.498 e. The maximum atomic E-state index is 6.35. The summed E-state index contributed by atoms with van der Waals surface area (Å²) in [4.78, 5) is 0. The van der Waals surface area contributed by atoms with Crippen LogP contribution in [-0.4, -0.2) is 20.6 Å². The molecule has 1 saturated heterocycles. The van der Waals surface area contributed by atoms with Crippen molar-refractivity contribution in [2.24, 2.45) is 5.41 Å². The molecule has 0 bridgehead atoms. The van der Waals surface area contributed by atoms with Gasteiger partial charge in [0, 0.05) is 6.10 Å². The van der Waals surface area contributed by atoms with Crippen LogP contribution in [0.1, 0.15) is 54.4 Å². The minimum absolute atomic E-state index is 0.330. The monoisotopic (exact) mass is 212 g/mol. The smallest absolute Gasteiger partial charge is 0.466 e. The molecule has 1 atom stereocenters. The quantitative estimate of drug-likeness (QED) is 0.551. The van der Waals surface area contributed by atoms with Gasteiger partial charge in [0.15, 0.2) is 0 Å². The lowest BCUT2D eigenvalue weighted by Gasteiger charge is -2.41. The summed E-state index contributed by atoms with van der Waals surface area (Å²) in [6, 6.07) is 0. The first-order valence-electron chi connectivity index (χ1n) is 5.87. The second kappa shape index (κ2) is 4.16. The first-order chi connectivity index (χ1) is 6.21. The van der Waals surface area contributed by atoms with E-state index in [2.05, 4.69) is 41.5 Å². The zero-order valence-corrected chi connectivity index (χ0v) is 11.8. The van der Waals surface area contributed by atoms with Crippen molar-refractivity contribution in [3.05, 3.63) is 0 Å². The summed E-state index contributed by atoms with van der Waals surface area (Å²) >= 11 is -0.972. The molecule has 0 aromatic rings. The third kappa shape index (κ3) is 3.26. The fourth-order valence-corrected chi connectivity index (χ4v) is 5.06. The van der Waals surface area contributed by atoms with Gasteiger partial charge in [-0.25, -0.2) is 0 Å². The molecular formula is C12H25AlO. The van der Waals surface area contributed by atoms with E-state index in [9.17, 15) is 0 Å². The normalized spacial score (nSPS) is 25.3. The molecule has 1 aliphatic heterocycles.